The molecule has 3 heterocycles. The van der Waals surface area contributed by atoms with Crippen LogP contribution in [0.25, 0.3) is 15.9 Å². The first kappa shape index (κ1) is 19.4. The van der Waals surface area contributed by atoms with Crippen LogP contribution in [0.5, 0.6) is 0 Å². The predicted molar refractivity (Wildman–Crippen MR) is 114 cm³/mol. The Labute approximate surface area is 173 Å². The molecule has 0 amide bonds. The molecule has 1 atom stereocenters. The average molecular weight is 418 g/mol. The third kappa shape index (κ3) is 3.95. The molecule has 28 heavy (non-hydrogen) atoms. The molecule has 0 saturated carbocycles. The fourth-order valence-electron chi connectivity index (χ4n) is 3.77. The molecule has 5 nitrogen and oxygen atoms in total. The highest BCUT2D eigenvalue weighted by molar-refractivity contribution is 7.20. The standard InChI is InChI=1S/C21H24ClN3O2S/c1-14-18-13-19(21(26)27-12-10-16-5-3-4-11-24(16)2)28-20(18)25(23-14)17-8-6-15(22)7-9-17/h6-9,13,16H,3-5,10-12H2,1-2H3. The minimum absolute atomic E-state index is 0.248. The van der Waals surface area contributed by atoms with Gasteiger partial charge in [-0.25, -0.2) is 9.48 Å². The van der Waals surface area contributed by atoms with E-state index in [1.807, 2.05) is 41.9 Å². The number of halogens is 1. The number of ether oxygens (including phenoxy) is 1. The highest BCUT2D eigenvalue weighted by Crippen LogP contribution is 2.31. The van der Waals surface area contributed by atoms with Crippen LogP contribution in [0.4, 0.5) is 0 Å². The Morgan fingerprint density at radius 2 is 2.11 bits per heavy atom. The minimum Gasteiger partial charge on any atom is -0.461 e. The summed E-state index contributed by atoms with van der Waals surface area (Å²) in [6.07, 6.45) is 4.61. The molecule has 0 bridgehead atoms. The summed E-state index contributed by atoms with van der Waals surface area (Å²) >= 11 is 7.41. The summed E-state index contributed by atoms with van der Waals surface area (Å²) < 4.78 is 7.44. The summed E-state index contributed by atoms with van der Waals surface area (Å²) in [7, 11) is 2.16. The third-order valence-electron chi connectivity index (χ3n) is 5.42. The van der Waals surface area contributed by atoms with Gasteiger partial charge in [-0.05, 0) is 70.1 Å². The van der Waals surface area contributed by atoms with E-state index in [1.54, 1.807) is 0 Å². The van der Waals surface area contributed by atoms with E-state index in [-0.39, 0.29) is 5.97 Å². The highest BCUT2D eigenvalue weighted by Gasteiger charge is 2.21. The van der Waals surface area contributed by atoms with Crippen molar-refractivity contribution in [2.45, 2.75) is 38.6 Å². The van der Waals surface area contributed by atoms with Crippen molar-refractivity contribution in [1.29, 1.82) is 0 Å². The van der Waals surface area contributed by atoms with Crippen molar-refractivity contribution in [2.75, 3.05) is 20.2 Å². The zero-order valence-electron chi connectivity index (χ0n) is 16.2. The molecular weight excluding hydrogens is 394 g/mol. The van der Waals surface area contributed by atoms with E-state index in [2.05, 4.69) is 17.0 Å². The average Bonchev–Trinajstić information content (AvgIpc) is 3.25. The Morgan fingerprint density at radius 3 is 2.86 bits per heavy atom. The van der Waals surface area contributed by atoms with Crippen LogP contribution in [0.3, 0.4) is 0 Å². The van der Waals surface area contributed by atoms with Crippen LogP contribution in [-0.4, -0.2) is 46.9 Å². The van der Waals surface area contributed by atoms with E-state index in [0.717, 1.165) is 34.6 Å². The van der Waals surface area contributed by atoms with E-state index in [0.29, 0.717) is 22.5 Å². The van der Waals surface area contributed by atoms with Crippen LogP contribution in [0.2, 0.25) is 5.02 Å². The van der Waals surface area contributed by atoms with Gasteiger partial charge in [0, 0.05) is 16.5 Å². The summed E-state index contributed by atoms with van der Waals surface area (Å²) in [6, 6.07) is 9.93. The second-order valence-corrected chi connectivity index (χ2v) is 8.83. The molecule has 3 aromatic rings. The van der Waals surface area contributed by atoms with Crippen LogP contribution in [0, 0.1) is 6.92 Å². The Morgan fingerprint density at radius 1 is 1.32 bits per heavy atom. The molecule has 0 radical (unpaired) electrons. The van der Waals surface area contributed by atoms with Crippen LogP contribution in [0.1, 0.15) is 41.0 Å². The quantitative estimate of drug-likeness (QED) is 0.543. The fraction of sp³-hybridized carbons (Fsp3) is 0.429. The lowest BCUT2D eigenvalue weighted by molar-refractivity contribution is 0.0455. The van der Waals surface area contributed by atoms with Gasteiger partial charge in [-0.3, -0.25) is 0 Å². The Kier molecular flexibility index (Phi) is 5.71. The van der Waals surface area contributed by atoms with Crippen molar-refractivity contribution in [3.63, 3.8) is 0 Å². The number of fused-ring (bicyclic) bond motifs is 1. The van der Waals surface area contributed by atoms with Gasteiger partial charge in [0.15, 0.2) is 0 Å². The smallest absolute Gasteiger partial charge is 0.348 e. The molecular formula is C21H24ClN3O2S. The largest absolute Gasteiger partial charge is 0.461 e. The number of esters is 1. The van der Waals surface area contributed by atoms with Gasteiger partial charge in [0.25, 0.3) is 0 Å². The number of aromatic nitrogens is 2. The maximum Gasteiger partial charge on any atom is 0.348 e. The van der Waals surface area contributed by atoms with Crippen LogP contribution in [0.15, 0.2) is 30.3 Å². The Hall–Kier alpha value is -1.89. The zero-order chi connectivity index (χ0) is 19.7. The number of piperidine rings is 1. The van der Waals surface area contributed by atoms with Crippen molar-refractivity contribution in [1.82, 2.24) is 14.7 Å². The second kappa shape index (κ2) is 8.23. The molecule has 1 saturated heterocycles. The van der Waals surface area contributed by atoms with Gasteiger partial charge in [0.2, 0.25) is 0 Å². The minimum atomic E-state index is -0.248. The number of nitrogens with zero attached hydrogens (tertiary/aromatic N) is 3. The predicted octanol–water partition coefficient (Wildman–Crippen LogP) is 5.08. The number of carbonyl (C=O) groups excluding carboxylic acids is 1. The molecule has 148 valence electrons. The van der Waals surface area contributed by atoms with Gasteiger partial charge in [0.05, 0.1) is 18.0 Å². The summed E-state index contributed by atoms with van der Waals surface area (Å²) in [5.41, 5.74) is 1.81. The van der Waals surface area contributed by atoms with Crippen LogP contribution >= 0.6 is 22.9 Å². The first-order valence-corrected chi connectivity index (χ1v) is 10.8. The number of aryl methyl sites for hydroxylation is 1. The second-order valence-electron chi connectivity index (χ2n) is 7.36. The number of hydrogen-bond acceptors (Lipinski definition) is 5. The normalized spacial score (nSPS) is 17.9. The monoisotopic (exact) mass is 417 g/mol. The Balaban J connectivity index is 1.47. The molecule has 1 aromatic carbocycles. The molecule has 1 aliphatic rings. The van der Waals surface area contributed by atoms with Crippen LogP contribution in [-0.2, 0) is 4.74 Å². The molecule has 1 fully saturated rings. The number of thiophene rings is 1. The molecule has 0 aliphatic carbocycles. The summed E-state index contributed by atoms with van der Waals surface area (Å²) in [5, 5.41) is 6.28. The molecule has 4 rings (SSSR count). The van der Waals surface area contributed by atoms with Gasteiger partial charge in [0.1, 0.15) is 9.71 Å². The van der Waals surface area contributed by atoms with Crippen LogP contribution < -0.4 is 0 Å². The molecule has 0 spiro atoms. The molecule has 1 unspecified atom stereocenters. The van der Waals surface area contributed by atoms with Crippen molar-refractivity contribution >= 4 is 39.1 Å². The maximum absolute atomic E-state index is 12.6. The van der Waals surface area contributed by atoms with E-state index in [1.165, 1.54) is 30.6 Å². The van der Waals surface area contributed by atoms with Crippen molar-refractivity contribution < 1.29 is 9.53 Å². The SMILES string of the molecule is Cc1nn(-c2ccc(Cl)cc2)c2sc(C(=O)OCCC3CCCCN3C)cc12. The van der Waals surface area contributed by atoms with Crippen molar-refractivity contribution in [2.24, 2.45) is 0 Å². The highest BCUT2D eigenvalue weighted by atomic mass is 35.5. The number of carbonyl (C=O) groups is 1. The number of rotatable bonds is 5. The summed E-state index contributed by atoms with van der Waals surface area (Å²) in [5.74, 6) is -0.248. The number of likely N-dealkylation sites (tertiary alicyclic amines) is 1. The van der Waals surface area contributed by atoms with E-state index >= 15 is 0 Å². The third-order valence-corrected chi connectivity index (χ3v) is 6.77. The lowest BCUT2D eigenvalue weighted by Crippen LogP contribution is -2.37. The molecule has 7 heteroatoms. The van der Waals surface area contributed by atoms with E-state index in [9.17, 15) is 4.79 Å². The zero-order valence-corrected chi connectivity index (χ0v) is 17.7. The molecule has 0 N–H and O–H groups in total. The molecule has 2 aromatic heterocycles. The van der Waals surface area contributed by atoms with Gasteiger partial charge in [-0.2, -0.15) is 5.10 Å². The fourth-order valence-corrected chi connectivity index (χ4v) is 4.98. The summed E-state index contributed by atoms with van der Waals surface area (Å²) in [4.78, 5) is 16.5. The van der Waals surface area contributed by atoms with Gasteiger partial charge in [-0.1, -0.05) is 18.0 Å². The Bertz CT molecular complexity index is 980. The van der Waals surface area contributed by atoms with Gasteiger partial charge >= 0.3 is 5.97 Å². The number of hydrogen-bond donors (Lipinski definition) is 0. The van der Waals surface area contributed by atoms with E-state index in [4.69, 9.17) is 16.3 Å². The first-order valence-electron chi connectivity index (χ1n) is 9.65. The lowest BCUT2D eigenvalue weighted by Gasteiger charge is -2.32. The topological polar surface area (TPSA) is 47.4 Å². The van der Waals surface area contributed by atoms with Crippen molar-refractivity contribution in [3.05, 3.63) is 45.9 Å². The molecule has 1 aliphatic heterocycles. The van der Waals surface area contributed by atoms with Gasteiger partial charge in [-0.15, -0.1) is 11.3 Å². The lowest BCUT2D eigenvalue weighted by atomic mass is 10.0. The summed E-state index contributed by atoms with van der Waals surface area (Å²) in [6.45, 7) is 3.55. The number of benzene rings is 1. The van der Waals surface area contributed by atoms with Gasteiger partial charge < -0.3 is 9.64 Å². The van der Waals surface area contributed by atoms with E-state index < -0.39 is 0 Å². The van der Waals surface area contributed by atoms with Crippen molar-refractivity contribution in [3.8, 4) is 5.69 Å². The first-order chi connectivity index (χ1) is 13.5. The maximum atomic E-state index is 12.6.